The fourth-order valence-electron chi connectivity index (χ4n) is 2.15. The molecular weight excluding hydrogens is 252 g/mol. The average molecular weight is 278 g/mol. The van der Waals surface area contributed by atoms with E-state index < -0.39 is 0 Å². The maximum absolute atomic E-state index is 12.1. The molecule has 0 heterocycles. The lowest BCUT2D eigenvalue weighted by atomic mass is 9.89. The summed E-state index contributed by atoms with van der Waals surface area (Å²) in [5, 5.41) is 14.8. The van der Waals surface area contributed by atoms with Gasteiger partial charge in [0.25, 0.3) is 0 Å². The van der Waals surface area contributed by atoms with Crippen LogP contribution >= 0.6 is 0 Å². The first-order valence-corrected chi connectivity index (χ1v) is 7.27. The van der Waals surface area contributed by atoms with E-state index in [1.807, 2.05) is 44.2 Å². The number of benzene rings is 1. The summed E-state index contributed by atoms with van der Waals surface area (Å²) >= 11 is 0. The number of carbonyl (C=O) groups excluding carboxylic acids is 1. The van der Waals surface area contributed by atoms with Gasteiger partial charge in [-0.2, -0.15) is 0 Å². The van der Waals surface area contributed by atoms with Gasteiger partial charge in [-0.25, -0.2) is 4.79 Å². The third-order valence-corrected chi connectivity index (χ3v) is 3.68. The van der Waals surface area contributed by atoms with Gasteiger partial charge in [0.1, 0.15) is 0 Å². The Morgan fingerprint density at radius 2 is 2.00 bits per heavy atom. The number of rotatable bonds is 7. The van der Waals surface area contributed by atoms with E-state index >= 15 is 0 Å². The van der Waals surface area contributed by atoms with Gasteiger partial charge in [-0.1, -0.05) is 37.3 Å². The van der Waals surface area contributed by atoms with Crippen LogP contribution in [0, 0.1) is 0 Å². The molecule has 20 heavy (non-hydrogen) atoms. The molecule has 0 saturated heterocycles. The SMILES string of the molecule is CCC(C)(NC(=O)NC(C)CCCO)c1ccccc1. The molecule has 2 unspecified atom stereocenters. The smallest absolute Gasteiger partial charge is 0.315 e. The van der Waals surface area contributed by atoms with Crippen LogP contribution in [-0.4, -0.2) is 23.8 Å². The summed E-state index contributed by atoms with van der Waals surface area (Å²) in [4.78, 5) is 12.1. The van der Waals surface area contributed by atoms with Gasteiger partial charge >= 0.3 is 6.03 Å². The molecule has 0 radical (unpaired) electrons. The minimum Gasteiger partial charge on any atom is -0.396 e. The standard InChI is InChI=1S/C16H26N2O2/c1-4-16(3,14-10-6-5-7-11-14)18-15(20)17-13(2)9-8-12-19/h5-7,10-11,13,19H,4,8-9,12H2,1-3H3,(H2,17,18,20). The molecule has 2 atom stereocenters. The largest absolute Gasteiger partial charge is 0.396 e. The Balaban J connectivity index is 2.62. The quantitative estimate of drug-likeness (QED) is 0.718. The monoisotopic (exact) mass is 278 g/mol. The minimum absolute atomic E-state index is 0.0547. The maximum Gasteiger partial charge on any atom is 0.315 e. The molecule has 4 heteroatoms. The van der Waals surface area contributed by atoms with E-state index in [2.05, 4.69) is 17.6 Å². The van der Waals surface area contributed by atoms with Gasteiger partial charge in [0.2, 0.25) is 0 Å². The lowest BCUT2D eigenvalue weighted by Crippen LogP contribution is -2.50. The van der Waals surface area contributed by atoms with Gasteiger partial charge in [-0.05, 0) is 38.7 Å². The van der Waals surface area contributed by atoms with E-state index in [4.69, 9.17) is 5.11 Å². The van der Waals surface area contributed by atoms with E-state index in [0.29, 0.717) is 6.42 Å². The summed E-state index contributed by atoms with van der Waals surface area (Å²) in [5.41, 5.74) is 0.725. The van der Waals surface area contributed by atoms with Gasteiger partial charge in [0, 0.05) is 12.6 Å². The number of amides is 2. The fourth-order valence-corrected chi connectivity index (χ4v) is 2.15. The first-order valence-electron chi connectivity index (χ1n) is 7.27. The zero-order valence-electron chi connectivity index (χ0n) is 12.6. The maximum atomic E-state index is 12.1. The fraction of sp³-hybridized carbons (Fsp3) is 0.562. The molecule has 1 rings (SSSR count). The summed E-state index contributed by atoms with van der Waals surface area (Å²) in [6.45, 7) is 6.19. The Labute approximate surface area is 121 Å². The predicted molar refractivity (Wildman–Crippen MR) is 81.5 cm³/mol. The second kappa shape index (κ2) is 7.90. The van der Waals surface area contributed by atoms with Crippen LogP contribution in [0.25, 0.3) is 0 Å². The molecular formula is C16H26N2O2. The first-order chi connectivity index (χ1) is 9.51. The summed E-state index contributed by atoms with van der Waals surface area (Å²) in [6.07, 6.45) is 2.29. The average Bonchev–Trinajstić information content (AvgIpc) is 2.45. The van der Waals surface area contributed by atoms with Crippen molar-refractivity contribution in [3.8, 4) is 0 Å². The van der Waals surface area contributed by atoms with Gasteiger partial charge in [0.05, 0.1) is 5.54 Å². The molecule has 0 aliphatic heterocycles. The van der Waals surface area contributed by atoms with Gasteiger partial charge < -0.3 is 15.7 Å². The first kappa shape index (κ1) is 16.5. The third kappa shape index (κ3) is 4.85. The van der Waals surface area contributed by atoms with Crippen LogP contribution in [-0.2, 0) is 5.54 Å². The van der Waals surface area contributed by atoms with Crippen molar-refractivity contribution in [3.05, 3.63) is 35.9 Å². The van der Waals surface area contributed by atoms with Crippen LogP contribution < -0.4 is 10.6 Å². The number of nitrogens with one attached hydrogen (secondary N) is 2. The number of hydrogen-bond donors (Lipinski definition) is 3. The van der Waals surface area contributed by atoms with Gasteiger partial charge in [-0.3, -0.25) is 0 Å². The molecule has 0 saturated carbocycles. The van der Waals surface area contributed by atoms with Crippen molar-refractivity contribution in [1.29, 1.82) is 0 Å². The summed E-state index contributed by atoms with van der Waals surface area (Å²) in [7, 11) is 0. The van der Waals surface area contributed by atoms with Gasteiger partial charge in [0.15, 0.2) is 0 Å². The van der Waals surface area contributed by atoms with Crippen molar-refractivity contribution in [2.45, 2.75) is 51.6 Å². The van der Waals surface area contributed by atoms with Crippen LogP contribution in [0.3, 0.4) is 0 Å². The van der Waals surface area contributed by atoms with Gasteiger partial charge in [-0.15, -0.1) is 0 Å². The molecule has 112 valence electrons. The molecule has 1 aromatic carbocycles. The lowest BCUT2D eigenvalue weighted by molar-refractivity contribution is 0.220. The third-order valence-electron chi connectivity index (χ3n) is 3.68. The summed E-state index contributed by atoms with van der Waals surface area (Å²) < 4.78 is 0. The van der Waals surface area contributed by atoms with Crippen molar-refractivity contribution in [1.82, 2.24) is 10.6 Å². The molecule has 1 aromatic rings. The zero-order valence-corrected chi connectivity index (χ0v) is 12.6. The summed E-state index contributed by atoms with van der Waals surface area (Å²) in [5.74, 6) is 0. The normalized spacial score (nSPS) is 15.2. The molecule has 0 aliphatic carbocycles. The highest BCUT2D eigenvalue weighted by atomic mass is 16.3. The second-order valence-electron chi connectivity index (χ2n) is 5.42. The molecule has 4 nitrogen and oxygen atoms in total. The summed E-state index contributed by atoms with van der Waals surface area (Å²) in [6, 6.07) is 9.87. The van der Waals surface area contributed by atoms with Crippen molar-refractivity contribution < 1.29 is 9.90 Å². The van der Waals surface area contributed by atoms with E-state index in [0.717, 1.165) is 18.4 Å². The number of aliphatic hydroxyl groups excluding tert-OH is 1. The van der Waals surface area contributed by atoms with Crippen molar-refractivity contribution in [3.63, 3.8) is 0 Å². The molecule has 0 bridgehead atoms. The van der Waals surface area contributed by atoms with E-state index in [1.54, 1.807) is 0 Å². The van der Waals surface area contributed by atoms with Crippen molar-refractivity contribution in [2.75, 3.05) is 6.61 Å². The molecule has 2 amide bonds. The van der Waals surface area contributed by atoms with Crippen LogP contribution in [0.4, 0.5) is 4.79 Å². The molecule has 3 N–H and O–H groups in total. The molecule has 0 aromatic heterocycles. The topological polar surface area (TPSA) is 61.4 Å². The molecule has 0 aliphatic rings. The van der Waals surface area contributed by atoms with Crippen LogP contribution in [0.5, 0.6) is 0 Å². The Kier molecular flexibility index (Phi) is 6.52. The van der Waals surface area contributed by atoms with Crippen LogP contribution in [0.15, 0.2) is 30.3 Å². The predicted octanol–water partition coefficient (Wildman–Crippen LogP) is 2.77. The lowest BCUT2D eigenvalue weighted by Gasteiger charge is -2.31. The van der Waals surface area contributed by atoms with Crippen molar-refractivity contribution in [2.24, 2.45) is 0 Å². The Bertz CT molecular complexity index is 408. The van der Waals surface area contributed by atoms with E-state index in [-0.39, 0.29) is 24.2 Å². The number of urea groups is 1. The Morgan fingerprint density at radius 3 is 2.55 bits per heavy atom. The Hall–Kier alpha value is -1.55. The Morgan fingerprint density at radius 1 is 1.35 bits per heavy atom. The van der Waals surface area contributed by atoms with Crippen LogP contribution in [0.2, 0.25) is 0 Å². The second-order valence-corrected chi connectivity index (χ2v) is 5.42. The molecule has 0 spiro atoms. The van der Waals surface area contributed by atoms with E-state index in [9.17, 15) is 4.79 Å². The highest BCUT2D eigenvalue weighted by Crippen LogP contribution is 2.23. The number of hydrogen-bond acceptors (Lipinski definition) is 2. The number of carbonyl (C=O) groups is 1. The minimum atomic E-state index is -0.373. The zero-order chi connectivity index (χ0) is 15.0. The van der Waals surface area contributed by atoms with Crippen molar-refractivity contribution >= 4 is 6.03 Å². The highest BCUT2D eigenvalue weighted by Gasteiger charge is 2.26. The van der Waals surface area contributed by atoms with Crippen LogP contribution in [0.1, 0.15) is 45.6 Å². The van der Waals surface area contributed by atoms with E-state index in [1.165, 1.54) is 0 Å². The highest BCUT2D eigenvalue weighted by molar-refractivity contribution is 5.75. The number of aliphatic hydroxyl groups is 1. The molecule has 0 fully saturated rings.